The Morgan fingerprint density at radius 3 is 2.59 bits per heavy atom. The van der Waals surface area contributed by atoms with Gasteiger partial charge in [-0.3, -0.25) is 10.1 Å². The monoisotopic (exact) mass is 260 g/mol. The lowest BCUT2D eigenvalue weighted by molar-refractivity contribution is -0.119. The molecule has 1 fully saturated rings. The second-order valence-corrected chi connectivity index (χ2v) is 5.38. The molecule has 4 nitrogen and oxygen atoms in total. The van der Waals surface area contributed by atoms with Gasteiger partial charge in [-0.1, -0.05) is 13.8 Å². The smallest absolute Gasteiger partial charge is 0.321 e. The maximum Gasteiger partial charge on any atom is 0.324 e. The summed E-state index contributed by atoms with van der Waals surface area (Å²) in [4.78, 5) is 25.0. The quantitative estimate of drug-likeness (QED) is 0.774. The van der Waals surface area contributed by atoms with Crippen LogP contribution in [-0.2, 0) is 4.79 Å². The number of urea groups is 1. The summed E-state index contributed by atoms with van der Waals surface area (Å²) >= 11 is 5.45. The zero-order chi connectivity index (χ0) is 13.0. The Labute approximate surface area is 108 Å². The Morgan fingerprint density at radius 1 is 1.35 bits per heavy atom. The van der Waals surface area contributed by atoms with Crippen molar-refractivity contribution in [1.82, 2.24) is 10.2 Å². The molecule has 3 atom stereocenters. The van der Waals surface area contributed by atoms with E-state index in [0.29, 0.717) is 18.4 Å². The summed E-state index contributed by atoms with van der Waals surface area (Å²) in [6.45, 7) is 7.01. The summed E-state index contributed by atoms with van der Waals surface area (Å²) in [7, 11) is 0. The number of piperidine rings is 1. The molecule has 1 N–H and O–H groups in total. The molecular formula is C12H21ClN2O2. The fourth-order valence-corrected chi connectivity index (χ4v) is 2.49. The number of likely N-dealkylation sites (tertiary alicyclic amines) is 1. The molecule has 0 aromatic heterocycles. The van der Waals surface area contributed by atoms with E-state index in [1.165, 1.54) is 0 Å². The lowest BCUT2D eigenvalue weighted by Gasteiger charge is -2.40. The predicted octanol–water partition coefficient (Wildman–Crippen LogP) is 2.22. The molecule has 3 unspecified atom stereocenters. The molecule has 1 saturated heterocycles. The maximum absolute atomic E-state index is 11.9. The number of nitrogens with one attached hydrogen (secondary N) is 1. The van der Waals surface area contributed by atoms with Crippen LogP contribution < -0.4 is 5.32 Å². The van der Waals surface area contributed by atoms with Gasteiger partial charge in [0.1, 0.15) is 0 Å². The van der Waals surface area contributed by atoms with Gasteiger partial charge in [-0.05, 0) is 25.2 Å². The van der Waals surface area contributed by atoms with Gasteiger partial charge in [-0.2, -0.15) is 0 Å². The first-order chi connectivity index (χ1) is 7.95. The molecule has 1 rings (SSSR count). The van der Waals surface area contributed by atoms with Gasteiger partial charge < -0.3 is 4.90 Å². The first-order valence-electron chi connectivity index (χ1n) is 6.12. The number of amides is 3. The third kappa shape index (κ3) is 3.87. The molecule has 3 amide bonds. The standard InChI is InChI=1S/C12H21ClN2O2/c1-8-6-9(2)10(3)15(7-8)12(17)14-11(16)4-5-13/h8-10H,4-7H2,1-3H3,(H,14,16,17). The molecule has 0 aromatic carbocycles. The van der Waals surface area contributed by atoms with Crippen LogP contribution >= 0.6 is 11.6 Å². The van der Waals surface area contributed by atoms with Crippen LogP contribution in [0.4, 0.5) is 4.79 Å². The molecule has 0 spiro atoms. The Kier molecular flexibility index (Phi) is 5.25. The zero-order valence-electron chi connectivity index (χ0n) is 10.7. The van der Waals surface area contributed by atoms with E-state index in [0.717, 1.165) is 6.42 Å². The van der Waals surface area contributed by atoms with Gasteiger partial charge in [-0.25, -0.2) is 4.79 Å². The van der Waals surface area contributed by atoms with Crippen LogP contribution in [0.5, 0.6) is 0 Å². The number of nitrogens with zero attached hydrogens (tertiary/aromatic N) is 1. The SMILES string of the molecule is CC1CC(C)C(C)N(C(=O)NC(=O)CCCl)C1. The fraction of sp³-hybridized carbons (Fsp3) is 0.833. The predicted molar refractivity (Wildman–Crippen MR) is 68.0 cm³/mol. The summed E-state index contributed by atoms with van der Waals surface area (Å²) in [5.74, 6) is 0.882. The highest BCUT2D eigenvalue weighted by atomic mass is 35.5. The Morgan fingerprint density at radius 2 is 2.00 bits per heavy atom. The van der Waals surface area contributed by atoms with E-state index >= 15 is 0 Å². The van der Waals surface area contributed by atoms with Crippen molar-refractivity contribution < 1.29 is 9.59 Å². The first-order valence-corrected chi connectivity index (χ1v) is 6.65. The minimum Gasteiger partial charge on any atom is -0.321 e. The zero-order valence-corrected chi connectivity index (χ0v) is 11.5. The highest BCUT2D eigenvalue weighted by Crippen LogP contribution is 2.26. The van der Waals surface area contributed by atoms with Crippen molar-refractivity contribution in [3.8, 4) is 0 Å². The van der Waals surface area contributed by atoms with Crippen LogP contribution in [0.3, 0.4) is 0 Å². The first kappa shape index (κ1) is 14.3. The third-order valence-corrected chi connectivity index (χ3v) is 3.62. The number of rotatable bonds is 2. The molecule has 17 heavy (non-hydrogen) atoms. The van der Waals surface area contributed by atoms with Crippen molar-refractivity contribution >= 4 is 23.5 Å². The van der Waals surface area contributed by atoms with E-state index in [9.17, 15) is 9.59 Å². The van der Waals surface area contributed by atoms with Crippen LogP contribution in [-0.4, -0.2) is 35.3 Å². The van der Waals surface area contributed by atoms with E-state index in [1.807, 2.05) is 6.92 Å². The highest BCUT2D eigenvalue weighted by Gasteiger charge is 2.32. The summed E-state index contributed by atoms with van der Waals surface area (Å²) in [6.07, 6.45) is 1.31. The van der Waals surface area contributed by atoms with E-state index in [4.69, 9.17) is 11.6 Å². The molecule has 0 saturated carbocycles. The molecule has 1 aliphatic heterocycles. The van der Waals surface area contributed by atoms with Crippen molar-refractivity contribution in [2.75, 3.05) is 12.4 Å². The Balaban J connectivity index is 2.58. The molecule has 1 aliphatic rings. The van der Waals surface area contributed by atoms with Crippen molar-refractivity contribution in [3.63, 3.8) is 0 Å². The van der Waals surface area contributed by atoms with Gasteiger partial charge in [0, 0.05) is 24.9 Å². The highest BCUT2D eigenvalue weighted by molar-refractivity contribution is 6.19. The van der Waals surface area contributed by atoms with Crippen LogP contribution in [0, 0.1) is 11.8 Å². The van der Waals surface area contributed by atoms with Gasteiger partial charge >= 0.3 is 6.03 Å². The lowest BCUT2D eigenvalue weighted by Crippen LogP contribution is -2.53. The number of carbonyl (C=O) groups is 2. The molecule has 5 heteroatoms. The number of halogens is 1. The number of hydrogen-bond donors (Lipinski definition) is 1. The minimum absolute atomic E-state index is 0.176. The second kappa shape index (κ2) is 6.24. The van der Waals surface area contributed by atoms with Crippen LogP contribution in [0.2, 0.25) is 0 Å². The summed E-state index contributed by atoms with van der Waals surface area (Å²) < 4.78 is 0. The van der Waals surface area contributed by atoms with E-state index in [1.54, 1.807) is 4.90 Å². The minimum atomic E-state index is -0.303. The maximum atomic E-state index is 11.9. The molecule has 0 bridgehead atoms. The number of alkyl halides is 1. The van der Waals surface area contributed by atoms with Crippen LogP contribution in [0.15, 0.2) is 0 Å². The van der Waals surface area contributed by atoms with E-state index in [-0.39, 0.29) is 30.3 Å². The second-order valence-electron chi connectivity index (χ2n) is 5.00. The van der Waals surface area contributed by atoms with Crippen molar-refractivity contribution in [2.24, 2.45) is 11.8 Å². The normalized spacial score (nSPS) is 28.9. The van der Waals surface area contributed by atoms with Crippen LogP contribution in [0.25, 0.3) is 0 Å². The van der Waals surface area contributed by atoms with Gasteiger partial charge in [0.25, 0.3) is 0 Å². The molecule has 0 aliphatic carbocycles. The molecule has 0 aromatic rings. The van der Waals surface area contributed by atoms with Crippen LogP contribution in [0.1, 0.15) is 33.6 Å². The Bertz CT molecular complexity index is 296. The van der Waals surface area contributed by atoms with E-state index < -0.39 is 0 Å². The largest absolute Gasteiger partial charge is 0.324 e. The Hall–Kier alpha value is -0.770. The fourth-order valence-electron chi connectivity index (χ4n) is 2.32. The molecule has 1 heterocycles. The summed E-state index contributed by atoms with van der Waals surface area (Å²) in [5.41, 5.74) is 0. The summed E-state index contributed by atoms with van der Waals surface area (Å²) in [5, 5.41) is 2.39. The van der Waals surface area contributed by atoms with Crippen molar-refractivity contribution in [2.45, 2.75) is 39.7 Å². The van der Waals surface area contributed by atoms with Gasteiger partial charge in [0.15, 0.2) is 0 Å². The number of hydrogen-bond acceptors (Lipinski definition) is 2. The van der Waals surface area contributed by atoms with E-state index in [2.05, 4.69) is 19.2 Å². The lowest BCUT2D eigenvalue weighted by atomic mass is 9.86. The number of carbonyl (C=O) groups excluding carboxylic acids is 2. The van der Waals surface area contributed by atoms with Gasteiger partial charge in [0.05, 0.1) is 0 Å². The summed E-state index contributed by atoms with van der Waals surface area (Å²) in [6, 6.07) is -0.110. The van der Waals surface area contributed by atoms with Gasteiger partial charge in [-0.15, -0.1) is 11.6 Å². The molecular weight excluding hydrogens is 240 g/mol. The molecule has 98 valence electrons. The topological polar surface area (TPSA) is 49.4 Å². The molecule has 0 radical (unpaired) electrons. The third-order valence-electron chi connectivity index (χ3n) is 3.43. The average Bonchev–Trinajstić information content (AvgIpc) is 2.23. The van der Waals surface area contributed by atoms with Gasteiger partial charge in [0.2, 0.25) is 5.91 Å². The van der Waals surface area contributed by atoms with Crippen molar-refractivity contribution in [1.29, 1.82) is 0 Å². The van der Waals surface area contributed by atoms with Crippen molar-refractivity contribution in [3.05, 3.63) is 0 Å². The average molecular weight is 261 g/mol. The number of imide groups is 1.